The summed E-state index contributed by atoms with van der Waals surface area (Å²) in [5, 5.41) is 8.44. The maximum atomic E-state index is 10.6. The van der Waals surface area contributed by atoms with Crippen LogP contribution in [-0.4, -0.2) is 27.0 Å². The van der Waals surface area contributed by atoms with Crippen LogP contribution < -0.4 is 0 Å². The Hall–Kier alpha value is -0.380. The lowest BCUT2D eigenvalue weighted by atomic mass is 9.95. The van der Waals surface area contributed by atoms with Crippen LogP contribution >= 0.6 is 7.60 Å². The first kappa shape index (κ1) is 19.0. The van der Waals surface area contributed by atoms with Crippen LogP contribution in [0.4, 0.5) is 0 Å². The molecule has 5 nitrogen and oxygen atoms in total. The topological polar surface area (TPSA) is 94.8 Å². The smallest absolute Gasteiger partial charge is 0.325 e. The third kappa shape index (κ3) is 15.6. The Morgan fingerprint density at radius 3 is 1.76 bits per heavy atom. The summed E-state index contributed by atoms with van der Waals surface area (Å²) < 4.78 is 10.6. The molecule has 2 unspecified atom stereocenters. The second-order valence-electron chi connectivity index (χ2n) is 4.40. The van der Waals surface area contributed by atoms with E-state index in [1.165, 1.54) is 12.8 Å². The lowest BCUT2D eigenvalue weighted by molar-refractivity contribution is -0.138. The quantitative estimate of drug-likeness (QED) is 0.644. The van der Waals surface area contributed by atoms with Gasteiger partial charge in [0.2, 0.25) is 0 Å². The molecule has 17 heavy (non-hydrogen) atoms. The molecule has 0 heterocycles. The predicted octanol–water partition coefficient (Wildman–Crippen LogP) is 2.72. The van der Waals surface area contributed by atoms with E-state index in [0.29, 0.717) is 0 Å². The van der Waals surface area contributed by atoms with Gasteiger partial charge in [-0.3, -0.25) is 9.36 Å². The Morgan fingerprint density at radius 2 is 1.53 bits per heavy atom. The third-order valence-corrected chi connectivity index (χ3v) is 3.55. The van der Waals surface area contributed by atoms with Crippen molar-refractivity contribution >= 4 is 13.6 Å². The van der Waals surface area contributed by atoms with Gasteiger partial charge in [-0.15, -0.1) is 0 Å². The highest BCUT2D eigenvalue weighted by Crippen LogP contribution is 2.39. The van der Waals surface area contributed by atoms with Gasteiger partial charge >= 0.3 is 13.6 Å². The molecule has 0 bridgehead atoms. The highest BCUT2D eigenvalue weighted by Gasteiger charge is 2.23. The molecule has 0 aromatic heterocycles. The van der Waals surface area contributed by atoms with Crippen molar-refractivity contribution in [3.63, 3.8) is 0 Å². The summed E-state index contributed by atoms with van der Waals surface area (Å²) in [7, 11) is -4.01. The summed E-state index contributed by atoms with van der Waals surface area (Å²) in [6, 6.07) is 0. The van der Waals surface area contributed by atoms with Gasteiger partial charge in [0.25, 0.3) is 0 Å². The molecule has 0 aliphatic rings. The van der Waals surface area contributed by atoms with Gasteiger partial charge in [-0.1, -0.05) is 40.5 Å². The molecule has 0 amide bonds. The number of carbonyl (C=O) groups is 1. The molecule has 0 saturated carbocycles. The molecule has 0 radical (unpaired) electrons. The van der Waals surface area contributed by atoms with Crippen LogP contribution in [0.3, 0.4) is 0 Å². The minimum absolute atomic E-state index is 0.0544. The molecular formula is C11H25O5P. The van der Waals surface area contributed by atoms with Gasteiger partial charge in [-0.2, -0.15) is 0 Å². The van der Waals surface area contributed by atoms with Gasteiger partial charge in [0.1, 0.15) is 0 Å². The first-order chi connectivity index (χ1) is 7.64. The molecule has 104 valence electrons. The lowest BCUT2D eigenvalue weighted by Crippen LogP contribution is -2.16. The van der Waals surface area contributed by atoms with E-state index in [1.54, 1.807) is 13.8 Å². The second kappa shape index (κ2) is 9.63. The van der Waals surface area contributed by atoms with Gasteiger partial charge in [0.05, 0.1) is 6.16 Å². The Labute approximate surface area is 103 Å². The molecular weight excluding hydrogens is 243 g/mol. The van der Waals surface area contributed by atoms with Crippen LogP contribution in [0.15, 0.2) is 0 Å². The van der Waals surface area contributed by atoms with Crippen LogP contribution in [0.25, 0.3) is 0 Å². The third-order valence-electron chi connectivity index (χ3n) is 2.49. The molecule has 2 atom stereocenters. The normalized spacial score (nSPS) is 14.5. The number of carboxylic acid groups (broad SMARTS) is 1. The molecule has 3 N–H and O–H groups in total. The molecule has 0 rings (SSSR count). The summed E-state index contributed by atoms with van der Waals surface area (Å²) in [6.07, 6.45) is 2.34. The van der Waals surface area contributed by atoms with E-state index in [9.17, 15) is 9.36 Å². The number of hydrogen-bond donors (Lipinski definition) is 3. The van der Waals surface area contributed by atoms with E-state index in [-0.39, 0.29) is 24.4 Å². The molecule has 0 spiro atoms. The second-order valence-corrected chi connectivity index (χ2v) is 6.09. The van der Waals surface area contributed by atoms with E-state index in [2.05, 4.69) is 13.8 Å². The van der Waals surface area contributed by atoms with Crippen molar-refractivity contribution in [1.82, 2.24) is 0 Å². The van der Waals surface area contributed by atoms with Gasteiger partial charge < -0.3 is 14.9 Å². The monoisotopic (exact) mass is 268 g/mol. The minimum atomic E-state index is -4.01. The van der Waals surface area contributed by atoms with Crippen molar-refractivity contribution in [3.8, 4) is 0 Å². The fourth-order valence-corrected chi connectivity index (χ4v) is 2.14. The van der Waals surface area contributed by atoms with E-state index in [4.69, 9.17) is 14.9 Å². The molecule has 0 aliphatic heterocycles. The van der Waals surface area contributed by atoms with Crippen molar-refractivity contribution in [3.05, 3.63) is 0 Å². The number of hydrogen-bond acceptors (Lipinski definition) is 2. The maximum Gasteiger partial charge on any atom is 0.325 e. The van der Waals surface area contributed by atoms with Crippen molar-refractivity contribution in [2.45, 2.75) is 47.0 Å². The van der Waals surface area contributed by atoms with E-state index < -0.39 is 13.6 Å². The van der Waals surface area contributed by atoms with Crippen molar-refractivity contribution in [2.24, 2.45) is 11.8 Å². The fraction of sp³-hybridized carbons (Fsp3) is 0.909. The Bertz CT molecular complexity index is 246. The van der Waals surface area contributed by atoms with Crippen molar-refractivity contribution in [2.75, 3.05) is 6.16 Å². The van der Waals surface area contributed by atoms with Crippen LogP contribution in [0, 0.1) is 11.8 Å². The minimum Gasteiger partial charge on any atom is -0.481 e. The molecule has 0 saturated heterocycles. The van der Waals surface area contributed by atoms with Crippen LogP contribution in [0.1, 0.15) is 47.0 Å². The summed E-state index contributed by atoms with van der Waals surface area (Å²) in [6.45, 7) is 7.68. The van der Waals surface area contributed by atoms with Gasteiger partial charge in [-0.25, -0.2) is 0 Å². The zero-order chi connectivity index (χ0) is 14.1. The van der Waals surface area contributed by atoms with Gasteiger partial charge in [0, 0.05) is 6.42 Å². The molecule has 0 aromatic carbocycles. The number of aliphatic carboxylic acids is 1. The Morgan fingerprint density at radius 1 is 1.12 bits per heavy atom. The van der Waals surface area contributed by atoms with Crippen molar-refractivity contribution in [1.29, 1.82) is 0 Å². The summed E-state index contributed by atoms with van der Waals surface area (Å²) in [5.74, 6) is -1.44. The van der Waals surface area contributed by atoms with Crippen LogP contribution in [0.5, 0.6) is 0 Å². The largest absolute Gasteiger partial charge is 0.481 e. The number of rotatable bonds is 6. The Balaban J connectivity index is 0. The van der Waals surface area contributed by atoms with E-state index in [1.807, 2.05) is 0 Å². The molecule has 6 heteroatoms. The fourth-order valence-electron chi connectivity index (χ4n) is 1.03. The van der Waals surface area contributed by atoms with Gasteiger partial charge in [-0.05, 0) is 11.8 Å². The first-order valence-electron chi connectivity index (χ1n) is 5.90. The first-order valence-corrected chi connectivity index (χ1v) is 7.70. The van der Waals surface area contributed by atoms with E-state index in [0.717, 1.165) is 0 Å². The zero-order valence-electron chi connectivity index (χ0n) is 11.1. The molecule has 0 aromatic rings. The summed E-state index contributed by atoms with van der Waals surface area (Å²) in [4.78, 5) is 27.6. The van der Waals surface area contributed by atoms with Crippen LogP contribution in [0.2, 0.25) is 0 Å². The molecule has 0 fully saturated rings. The molecule has 0 aliphatic carbocycles. The highest BCUT2D eigenvalue weighted by atomic mass is 31.2. The average molecular weight is 268 g/mol. The average Bonchev–Trinajstić information content (AvgIpc) is 2.14. The summed E-state index contributed by atoms with van der Waals surface area (Å²) in [5.41, 5.74) is 0. The Kier molecular flexibility index (Phi) is 10.7. The standard InChI is InChI=1S/C7H15O5P.C4H10/c1-5(3-7(8)9)6(2)4-13(10,11)12;1-3-4-2/h5-6H,3-4H2,1-2H3,(H,8,9)(H2,10,11,12);3-4H2,1-2H3. The van der Waals surface area contributed by atoms with Crippen LogP contribution in [-0.2, 0) is 9.36 Å². The summed E-state index contributed by atoms with van der Waals surface area (Å²) >= 11 is 0. The number of carboxylic acids is 1. The predicted molar refractivity (Wildman–Crippen MR) is 68.1 cm³/mol. The van der Waals surface area contributed by atoms with Crippen molar-refractivity contribution < 1.29 is 24.3 Å². The SMILES string of the molecule is CC(CC(=O)O)C(C)CP(=O)(O)O.CCCC. The maximum absolute atomic E-state index is 10.6. The van der Waals surface area contributed by atoms with Gasteiger partial charge in [0.15, 0.2) is 0 Å². The zero-order valence-corrected chi connectivity index (χ0v) is 12.0. The highest BCUT2D eigenvalue weighted by molar-refractivity contribution is 7.51. The van der Waals surface area contributed by atoms with E-state index >= 15 is 0 Å². The number of unbranched alkanes of at least 4 members (excludes halogenated alkanes) is 1. The lowest BCUT2D eigenvalue weighted by Gasteiger charge is -2.18.